The van der Waals surface area contributed by atoms with Gasteiger partial charge < -0.3 is 4.98 Å². The lowest BCUT2D eigenvalue weighted by Gasteiger charge is -2.05. The molecular formula is C9H6F3N3. The fourth-order valence-corrected chi connectivity index (χ4v) is 1.13. The summed E-state index contributed by atoms with van der Waals surface area (Å²) in [5.41, 5.74) is -0.744. The van der Waals surface area contributed by atoms with Crippen molar-refractivity contribution >= 4 is 0 Å². The molecule has 0 radical (unpaired) electrons. The van der Waals surface area contributed by atoms with E-state index in [2.05, 4.69) is 15.0 Å². The van der Waals surface area contributed by atoms with Gasteiger partial charge in [0, 0.05) is 12.4 Å². The number of aromatic amines is 1. The normalized spacial score (nSPS) is 11.7. The van der Waals surface area contributed by atoms with E-state index < -0.39 is 11.9 Å². The first-order valence-electron chi connectivity index (χ1n) is 4.11. The van der Waals surface area contributed by atoms with E-state index in [1.807, 2.05) is 0 Å². The van der Waals surface area contributed by atoms with Gasteiger partial charge in [-0.3, -0.25) is 0 Å². The first kappa shape index (κ1) is 9.70. The van der Waals surface area contributed by atoms with Crippen LogP contribution in [-0.2, 0) is 6.18 Å². The summed E-state index contributed by atoms with van der Waals surface area (Å²) in [6.45, 7) is 0. The molecule has 0 saturated carbocycles. The average Bonchev–Trinajstić information content (AvgIpc) is 2.69. The summed E-state index contributed by atoms with van der Waals surface area (Å²) in [4.78, 5) is 9.98. The second-order valence-corrected chi connectivity index (χ2v) is 2.84. The lowest BCUT2D eigenvalue weighted by molar-refractivity contribution is -0.141. The van der Waals surface area contributed by atoms with Crippen LogP contribution in [0.4, 0.5) is 13.2 Å². The molecule has 2 aromatic heterocycles. The number of imidazole rings is 1. The molecule has 2 aromatic rings. The van der Waals surface area contributed by atoms with E-state index in [-0.39, 0.29) is 5.69 Å². The third-order valence-corrected chi connectivity index (χ3v) is 1.78. The van der Waals surface area contributed by atoms with Crippen molar-refractivity contribution in [1.29, 1.82) is 0 Å². The number of aromatic nitrogens is 3. The highest BCUT2D eigenvalue weighted by Gasteiger charge is 2.32. The molecule has 78 valence electrons. The molecule has 0 unspecified atom stereocenters. The largest absolute Gasteiger partial charge is 0.433 e. The zero-order valence-corrected chi connectivity index (χ0v) is 7.42. The maximum absolute atomic E-state index is 12.3. The molecule has 0 atom stereocenters. The van der Waals surface area contributed by atoms with Gasteiger partial charge in [0.15, 0.2) is 5.82 Å². The van der Waals surface area contributed by atoms with Crippen molar-refractivity contribution in [2.75, 3.05) is 0 Å². The number of H-pyrrole nitrogens is 1. The Kier molecular flexibility index (Phi) is 2.18. The van der Waals surface area contributed by atoms with Crippen molar-refractivity contribution in [1.82, 2.24) is 15.0 Å². The van der Waals surface area contributed by atoms with Gasteiger partial charge in [-0.1, -0.05) is 6.07 Å². The Morgan fingerprint density at radius 3 is 2.60 bits per heavy atom. The molecule has 0 bridgehead atoms. The van der Waals surface area contributed by atoms with Crippen LogP contribution in [0.5, 0.6) is 0 Å². The Balaban J connectivity index is 2.44. The van der Waals surface area contributed by atoms with E-state index in [1.54, 1.807) is 0 Å². The SMILES string of the molecule is FC(F)(F)c1cccc(-c2ncc[nH]2)n1. The number of rotatable bonds is 1. The summed E-state index contributed by atoms with van der Waals surface area (Å²) < 4.78 is 36.9. The van der Waals surface area contributed by atoms with Crippen LogP contribution in [0.25, 0.3) is 11.5 Å². The molecule has 0 amide bonds. The molecular weight excluding hydrogens is 207 g/mol. The van der Waals surface area contributed by atoms with Gasteiger partial charge in [0.2, 0.25) is 0 Å². The fraction of sp³-hybridized carbons (Fsp3) is 0.111. The summed E-state index contributed by atoms with van der Waals surface area (Å²) in [7, 11) is 0. The molecule has 0 aliphatic rings. The summed E-state index contributed by atoms with van der Waals surface area (Å²) in [5.74, 6) is 0.320. The van der Waals surface area contributed by atoms with E-state index in [0.29, 0.717) is 5.82 Å². The number of nitrogens with zero attached hydrogens (tertiary/aromatic N) is 2. The Labute approximate surface area is 83.0 Å². The first-order chi connectivity index (χ1) is 7.07. The van der Waals surface area contributed by atoms with Crippen molar-refractivity contribution in [3.8, 4) is 11.5 Å². The minimum absolute atomic E-state index is 0.176. The van der Waals surface area contributed by atoms with Crippen molar-refractivity contribution in [2.24, 2.45) is 0 Å². The van der Waals surface area contributed by atoms with Crippen LogP contribution in [0.1, 0.15) is 5.69 Å². The highest BCUT2D eigenvalue weighted by atomic mass is 19.4. The number of nitrogens with one attached hydrogen (secondary N) is 1. The maximum atomic E-state index is 12.3. The third kappa shape index (κ3) is 1.98. The second kappa shape index (κ2) is 3.38. The van der Waals surface area contributed by atoms with Crippen LogP contribution in [0.15, 0.2) is 30.6 Å². The van der Waals surface area contributed by atoms with Crippen LogP contribution in [0.2, 0.25) is 0 Å². The molecule has 2 rings (SSSR count). The highest BCUT2D eigenvalue weighted by molar-refractivity contribution is 5.48. The smallest absolute Gasteiger partial charge is 0.343 e. The Morgan fingerprint density at radius 1 is 1.20 bits per heavy atom. The molecule has 6 heteroatoms. The van der Waals surface area contributed by atoms with Crippen LogP contribution >= 0.6 is 0 Å². The monoisotopic (exact) mass is 213 g/mol. The topological polar surface area (TPSA) is 41.6 Å². The highest BCUT2D eigenvalue weighted by Crippen LogP contribution is 2.28. The van der Waals surface area contributed by atoms with Gasteiger partial charge in [-0.15, -0.1) is 0 Å². The lowest BCUT2D eigenvalue weighted by Crippen LogP contribution is -2.08. The molecule has 0 aromatic carbocycles. The fourth-order valence-electron chi connectivity index (χ4n) is 1.13. The van der Waals surface area contributed by atoms with Crippen molar-refractivity contribution in [2.45, 2.75) is 6.18 Å². The number of hydrogen-bond donors (Lipinski definition) is 1. The van der Waals surface area contributed by atoms with Crippen molar-refractivity contribution in [3.05, 3.63) is 36.3 Å². The first-order valence-corrected chi connectivity index (χ1v) is 4.11. The van der Waals surface area contributed by atoms with Gasteiger partial charge in [-0.05, 0) is 12.1 Å². The van der Waals surface area contributed by atoms with E-state index in [0.717, 1.165) is 6.07 Å². The molecule has 0 aliphatic carbocycles. The van der Waals surface area contributed by atoms with Gasteiger partial charge in [-0.25, -0.2) is 9.97 Å². The van der Waals surface area contributed by atoms with E-state index in [4.69, 9.17) is 0 Å². The van der Waals surface area contributed by atoms with Crippen LogP contribution in [0, 0.1) is 0 Å². The van der Waals surface area contributed by atoms with Gasteiger partial charge in [-0.2, -0.15) is 13.2 Å². The van der Waals surface area contributed by atoms with E-state index >= 15 is 0 Å². The van der Waals surface area contributed by atoms with Crippen LogP contribution in [-0.4, -0.2) is 15.0 Å². The summed E-state index contributed by atoms with van der Waals surface area (Å²) in [6.07, 6.45) is -1.45. The molecule has 1 N–H and O–H groups in total. The van der Waals surface area contributed by atoms with Crippen molar-refractivity contribution < 1.29 is 13.2 Å². The predicted octanol–water partition coefficient (Wildman–Crippen LogP) is 2.49. The van der Waals surface area contributed by atoms with Crippen molar-refractivity contribution in [3.63, 3.8) is 0 Å². The molecule has 15 heavy (non-hydrogen) atoms. The second-order valence-electron chi connectivity index (χ2n) is 2.84. The summed E-state index contributed by atoms with van der Waals surface area (Å²) in [5, 5.41) is 0. The minimum atomic E-state index is -4.43. The minimum Gasteiger partial charge on any atom is -0.343 e. The Bertz CT molecular complexity index is 448. The standard InChI is InChI=1S/C9H6F3N3/c10-9(11,12)7-3-1-2-6(15-7)8-13-4-5-14-8/h1-5H,(H,13,14). The Morgan fingerprint density at radius 2 is 2.00 bits per heavy atom. The Hall–Kier alpha value is -1.85. The number of alkyl halides is 3. The molecule has 0 spiro atoms. The zero-order valence-electron chi connectivity index (χ0n) is 7.42. The molecule has 3 nitrogen and oxygen atoms in total. The van der Waals surface area contributed by atoms with E-state index in [1.165, 1.54) is 24.5 Å². The zero-order chi connectivity index (χ0) is 10.9. The molecule has 0 saturated heterocycles. The lowest BCUT2D eigenvalue weighted by atomic mass is 10.3. The van der Waals surface area contributed by atoms with E-state index in [9.17, 15) is 13.2 Å². The van der Waals surface area contributed by atoms with Crippen LogP contribution < -0.4 is 0 Å². The average molecular weight is 213 g/mol. The van der Waals surface area contributed by atoms with Gasteiger partial charge in [0.1, 0.15) is 11.4 Å². The summed E-state index contributed by atoms with van der Waals surface area (Å²) in [6, 6.07) is 3.69. The molecule has 2 heterocycles. The number of halogens is 3. The quantitative estimate of drug-likeness (QED) is 0.790. The maximum Gasteiger partial charge on any atom is 0.433 e. The number of hydrogen-bond acceptors (Lipinski definition) is 2. The number of pyridine rings is 1. The molecule has 0 aliphatic heterocycles. The molecule has 0 fully saturated rings. The third-order valence-electron chi connectivity index (χ3n) is 1.78. The van der Waals surface area contributed by atoms with Gasteiger partial charge in [0.25, 0.3) is 0 Å². The predicted molar refractivity (Wildman–Crippen MR) is 46.8 cm³/mol. The van der Waals surface area contributed by atoms with Gasteiger partial charge >= 0.3 is 6.18 Å². The van der Waals surface area contributed by atoms with Crippen LogP contribution in [0.3, 0.4) is 0 Å². The summed E-state index contributed by atoms with van der Waals surface area (Å²) >= 11 is 0. The van der Waals surface area contributed by atoms with Gasteiger partial charge in [0.05, 0.1) is 0 Å².